The molecule has 0 saturated carbocycles. The van der Waals surface area contributed by atoms with Gasteiger partial charge in [-0.15, -0.1) is 6.58 Å². The van der Waals surface area contributed by atoms with Crippen LogP contribution in [0, 0.1) is 0 Å². The van der Waals surface area contributed by atoms with Crippen LogP contribution in [-0.2, 0) is 11.3 Å². The summed E-state index contributed by atoms with van der Waals surface area (Å²) in [5, 5.41) is 18.4. The summed E-state index contributed by atoms with van der Waals surface area (Å²) in [6, 6.07) is 9.72. The van der Waals surface area contributed by atoms with Crippen molar-refractivity contribution < 1.29 is 14.9 Å². The van der Waals surface area contributed by atoms with Crippen LogP contribution in [-0.4, -0.2) is 29.0 Å². The van der Waals surface area contributed by atoms with Crippen LogP contribution in [0.4, 0.5) is 0 Å². The van der Waals surface area contributed by atoms with E-state index >= 15 is 0 Å². The van der Waals surface area contributed by atoms with Crippen LogP contribution in [0.15, 0.2) is 43.0 Å². The highest BCUT2D eigenvalue weighted by Gasteiger charge is 2.17. The van der Waals surface area contributed by atoms with Gasteiger partial charge in [0.2, 0.25) is 0 Å². The lowest BCUT2D eigenvalue weighted by Gasteiger charge is -2.20. The smallest absolute Gasteiger partial charge is 0.103 e. The average Bonchev–Trinajstić information content (AvgIpc) is 2.34. The Morgan fingerprint density at radius 2 is 2.00 bits per heavy atom. The number of hydrogen-bond acceptors (Lipinski definition) is 3. The lowest BCUT2D eigenvalue weighted by molar-refractivity contribution is -0.0629. The van der Waals surface area contributed by atoms with Crippen LogP contribution in [0.2, 0.25) is 0 Å². The highest BCUT2D eigenvalue weighted by molar-refractivity contribution is 5.13. The minimum absolute atomic E-state index is 0.298. The minimum Gasteiger partial charge on any atom is -0.394 e. The molecule has 2 atom stereocenters. The van der Waals surface area contributed by atoms with Gasteiger partial charge in [-0.05, 0) is 12.0 Å². The Kier molecular flexibility index (Phi) is 5.78. The summed E-state index contributed by atoms with van der Waals surface area (Å²) < 4.78 is 5.54. The Hall–Kier alpha value is -1.16. The number of aliphatic hydroxyl groups is 2. The molecule has 0 unspecified atom stereocenters. The normalized spacial score (nSPS) is 14.4. The van der Waals surface area contributed by atoms with Crippen LogP contribution in [0.3, 0.4) is 0 Å². The standard InChI is InChI=1S/C13H18O3/c1-2-6-13(12(15)9-14)16-10-11-7-4-3-5-8-11/h2-5,7-8,12-15H,1,6,9-10H2/t12-,13+/m1/s1. The molecule has 16 heavy (non-hydrogen) atoms. The number of benzene rings is 1. The maximum absolute atomic E-state index is 9.50. The summed E-state index contributed by atoms with van der Waals surface area (Å²) in [4.78, 5) is 0. The summed E-state index contributed by atoms with van der Waals surface area (Å²) >= 11 is 0. The summed E-state index contributed by atoms with van der Waals surface area (Å²) in [6.07, 6.45) is 0.938. The molecule has 0 radical (unpaired) electrons. The number of hydrogen-bond donors (Lipinski definition) is 2. The summed E-state index contributed by atoms with van der Waals surface area (Å²) in [7, 11) is 0. The zero-order chi connectivity index (χ0) is 11.8. The third-order valence-electron chi connectivity index (χ3n) is 2.32. The second kappa shape index (κ2) is 7.17. The summed E-state index contributed by atoms with van der Waals surface area (Å²) in [6.45, 7) is 3.73. The first-order valence-corrected chi connectivity index (χ1v) is 5.33. The molecule has 88 valence electrons. The quantitative estimate of drug-likeness (QED) is 0.687. The molecule has 0 spiro atoms. The van der Waals surface area contributed by atoms with E-state index in [2.05, 4.69) is 6.58 Å². The molecule has 0 aromatic heterocycles. The van der Waals surface area contributed by atoms with Gasteiger partial charge < -0.3 is 14.9 Å². The van der Waals surface area contributed by atoms with Gasteiger partial charge in [-0.1, -0.05) is 36.4 Å². The van der Waals surface area contributed by atoms with Gasteiger partial charge in [0, 0.05) is 0 Å². The van der Waals surface area contributed by atoms with E-state index in [9.17, 15) is 5.11 Å². The highest BCUT2D eigenvalue weighted by atomic mass is 16.5. The fourth-order valence-corrected chi connectivity index (χ4v) is 1.40. The van der Waals surface area contributed by atoms with Crippen LogP contribution < -0.4 is 0 Å². The zero-order valence-electron chi connectivity index (χ0n) is 9.25. The van der Waals surface area contributed by atoms with Crippen LogP contribution in [0.25, 0.3) is 0 Å². The Labute approximate surface area is 96.0 Å². The molecule has 0 aliphatic carbocycles. The monoisotopic (exact) mass is 222 g/mol. The van der Waals surface area contributed by atoms with E-state index in [0.717, 1.165) is 5.56 Å². The Morgan fingerprint density at radius 3 is 2.56 bits per heavy atom. The maximum atomic E-state index is 9.50. The van der Waals surface area contributed by atoms with Crippen LogP contribution in [0.5, 0.6) is 0 Å². The molecule has 0 amide bonds. The topological polar surface area (TPSA) is 49.7 Å². The molecule has 1 rings (SSSR count). The molecule has 0 saturated heterocycles. The van der Waals surface area contributed by atoms with Gasteiger partial charge in [0.05, 0.1) is 19.3 Å². The molecule has 0 bridgehead atoms. The van der Waals surface area contributed by atoms with Gasteiger partial charge in [-0.3, -0.25) is 0 Å². The molecule has 3 heteroatoms. The van der Waals surface area contributed by atoms with Gasteiger partial charge in [0.25, 0.3) is 0 Å². The molecule has 0 fully saturated rings. The van der Waals surface area contributed by atoms with E-state index in [1.54, 1.807) is 6.08 Å². The second-order valence-electron chi connectivity index (χ2n) is 3.61. The van der Waals surface area contributed by atoms with Crippen molar-refractivity contribution in [1.82, 2.24) is 0 Å². The second-order valence-corrected chi connectivity index (χ2v) is 3.61. The van der Waals surface area contributed by atoms with Crippen molar-refractivity contribution in [2.45, 2.75) is 25.2 Å². The van der Waals surface area contributed by atoms with Crippen molar-refractivity contribution in [3.05, 3.63) is 48.6 Å². The van der Waals surface area contributed by atoms with Crippen LogP contribution in [0.1, 0.15) is 12.0 Å². The van der Waals surface area contributed by atoms with E-state index in [-0.39, 0.29) is 6.61 Å². The SMILES string of the molecule is C=CC[C@H](OCc1ccccc1)[C@H](O)CO. The Morgan fingerprint density at radius 1 is 1.31 bits per heavy atom. The molecule has 1 aromatic carbocycles. The zero-order valence-corrected chi connectivity index (χ0v) is 9.25. The number of ether oxygens (including phenoxy) is 1. The molecule has 0 aliphatic rings. The molecule has 2 N–H and O–H groups in total. The van der Waals surface area contributed by atoms with Crippen molar-refractivity contribution in [1.29, 1.82) is 0 Å². The largest absolute Gasteiger partial charge is 0.394 e. The third-order valence-corrected chi connectivity index (χ3v) is 2.32. The van der Waals surface area contributed by atoms with Gasteiger partial charge in [0.15, 0.2) is 0 Å². The van der Waals surface area contributed by atoms with Crippen LogP contribution >= 0.6 is 0 Å². The summed E-state index contributed by atoms with van der Waals surface area (Å²) in [5.41, 5.74) is 1.04. The highest BCUT2D eigenvalue weighted by Crippen LogP contribution is 2.09. The van der Waals surface area contributed by atoms with E-state index in [1.165, 1.54) is 0 Å². The van der Waals surface area contributed by atoms with Gasteiger partial charge in [-0.2, -0.15) is 0 Å². The predicted octanol–water partition coefficient (Wildman–Crippen LogP) is 1.50. The van der Waals surface area contributed by atoms with Crippen molar-refractivity contribution in [3.8, 4) is 0 Å². The first-order chi connectivity index (χ1) is 7.77. The van der Waals surface area contributed by atoms with Crippen molar-refractivity contribution in [2.75, 3.05) is 6.61 Å². The number of aliphatic hydroxyl groups excluding tert-OH is 2. The molecular formula is C13H18O3. The van der Waals surface area contributed by atoms with Crippen molar-refractivity contribution in [2.24, 2.45) is 0 Å². The molecular weight excluding hydrogens is 204 g/mol. The van der Waals surface area contributed by atoms with E-state index in [4.69, 9.17) is 9.84 Å². The Bertz CT molecular complexity index is 297. The first kappa shape index (κ1) is 12.9. The maximum Gasteiger partial charge on any atom is 0.103 e. The lowest BCUT2D eigenvalue weighted by Crippen LogP contribution is -2.31. The van der Waals surface area contributed by atoms with Gasteiger partial charge >= 0.3 is 0 Å². The Balaban J connectivity index is 2.46. The molecule has 1 aromatic rings. The third kappa shape index (κ3) is 4.14. The number of rotatable bonds is 7. The van der Waals surface area contributed by atoms with Crippen molar-refractivity contribution >= 4 is 0 Å². The fourth-order valence-electron chi connectivity index (χ4n) is 1.40. The minimum atomic E-state index is -0.860. The predicted molar refractivity (Wildman–Crippen MR) is 62.9 cm³/mol. The lowest BCUT2D eigenvalue weighted by atomic mass is 10.1. The van der Waals surface area contributed by atoms with E-state index in [0.29, 0.717) is 13.0 Å². The van der Waals surface area contributed by atoms with Gasteiger partial charge in [0.1, 0.15) is 6.10 Å². The molecule has 0 heterocycles. The molecule has 3 nitrogen and oxygen atoms in total. The summed E-state index contributed by atoms with van der Waals surface area (Å²) in [5.74, 6) is 0. The molecule has 0 aliphatic heterocycles. The van der Waals surface area contributed by atoms with E-state index < -0.39 is 12.2 Å². The van der Waals surface area contributed by atoms with Crippen molar-refractivity contribution in [3.63, 3.8) is 0 Å². The first-order valence-electron chi connectivity index (χ1n) is 5.33. The fraction of sp³-hybridized carbons (Fsp3) is 0.385. The van der Waals surface area contributed by atoms with E-state index in [1.807, 2.05) is 30.3 Å². The average molecular weight is 222 g/mol. The van der Waals surface area contributed by atoms with Gasteiger partial charge in [-0.25, -0.2) is 0 Å².